The van der Waals surface area contributed by atoms with Crippen LogP contribution in [0.1, 0.15) is 140 Å². The highest BCUT2D eigenvalue weighted by Gasteiger charge is 2.32. The third-order valence-electron chi connectivity index (χ3n) is 7.95. The molecule has 0 aliphatic rings. The van der Waals surface area contributed by atoms with Gasteiger partial charge in [-0.25, -0.2) is 14.5 Å². The van der Waals surface area contributed by atoms with E-state index in [-0.39, 0.29) is 13.2 Å². The zero-order valence-electron chi connectivity index (χ0n) is 27.9. The predicted molar refractivity (Wildman–Crippen MR) is 172 cm³/mol. The first kappa shape index (κ1) is 38.8. The lowest BCUT2D eigenvalue weighted by Gasteiger charge is -2.25. The molecular weight excluding hydrogens is 566 g/mol. The Hall–Kier alpha value is -2.20. The van der Waals surface area contributed by atoms with E-state index < -0.39 is 30.2 Å². The molecule has 0 saturated heterocycles. The molecule has 9 nitrogen and oxygen atoms in total. The number of aryl methyl sites for hydroxylation is 1. The first-order valence-electron chi connectivity index (χ1n) is 16.6. The number of thiazole rings is 1. The van der Waals surface area contributed by atoms with Crippen LogP contribution >= 0.6 is 11.3 Å². The normalized spacial score (nSPS) is 12.5. The number of carbonyl (C=O) groups excluding carboxylic acids is 3. The minimum atomic E-state index is -0.759. The lowest BCUT2D eigenvalue weighted by atomic mass is 10.0. The number of ether oxygens (including phenoxy) is 3. The summed E-state index contributed by atoms with van der Waals surface area (Å²) in [7, 11) is 3.37. The van der Waals surface area contributed by atoms with Gasteiger partial charge in [-0.1, -0.05) is 115 Å². The molecule has 1 heterocycles. The Kier molecular flexibility index (Phi) is 21.8. The molecule has 1 aromatic heterocycles. The van der Waals surface area contributed by atoms with Crippen molar-refractivity contribution in [2.24, 2.45) is 7.05 Å². The Morgan fingerprint density at radius 3 is 1.79 bits per heavy atom. The van der Waals surface area contributed by atoms with E-state index in [0.29, 0.717) is 6.54 Å². The fourth-order valence-electron chi connectivity index (χ4n) is 5.05. The number of hydrogen-bond acceptors (Lipinski definition) is 7. The zero-order chi connectivity index (χ0) is 31.9. The fourth-order valence-corrected chi connectivity index (χ4v) is 6.10. The smallest absolute Gasteiger partial charge is 0.417 e. The van der Waals surface area contributed by atoms with E-state index in [1.165, 1.54) is 115 Å². The van der Waals surface area contributed by atoms with Gasteiger partial charge in [-0.3, -0.25) is 4.79 Å². The van der Waals surface area contributed by atoms with Crippen LogP contribution in [0.4, 0.5) is 9.59 Å². The van der Waals surface area contributed by atoms with Crippen LogP contribution in [0.5, 0.6) is 0 Å². The average molecular weight is 627 g/mol. The largest absolute Gasteiger partial charge is 0.447 e. The monoisotopic (exact) mass is 626 g/mol. The molecule has 1 aromatic rings. The van der Waals surface area contributed by atoms with Gasteiger partial charge in [0, 0.05) is 27.5 Å². The van der Waals surface area contributed by atoms with Crippen molar-refractivity contribution in [2.45, 2.75) is 143 Å². The van der Waals surface area contributed by atoms with Crippen LogP contribution in [0, 0.1) is 6.92 Å². The zero-order valence-corrected chi connectivity index (χ0v) is 28.7. The maximum absolute atomic E-state index is 12.8. The van der Waals surface area contributed by atoms with Crippen molar-refractivity contribution >= 4 is 29.4 Å². The third-order valence-corrected chi connectivity index (χ3v) is 9.26. The van der Waals surface area contributed by atoms with E-state index in [9.17, 15) is 14.4 Å². The molecule has 0 saturated carbocycles. The Balaban J connectivity index is 2.10. The van der Waals surface area contributed by atoms with E-state index >= 15 is 0 Å². The van der Waals surface area contributed by atoms with E-state index in [0.717, 1.165) is 28.3 Å². The van der Waals surface area contributed by atoms with Crippen LogP contribution in [0.25, 0.3) is 0 Å². The summed E-state index contributed by atoms with van der Waals surface area (Å²) >= 11 is 1.48. The molecule has 0 fully saturated rings. The predicted octanol–water partition coefficient (Wildman–Crippen LogP) is 7.93. The number of carbonyl (C=O) groups is 3. The van der Waals surface area contributed by atoms with E-state index in [1.807, 2.05) is 24.0 Å². The van der Waals surface area contributed by atoms with Crippen LogP contribution in [0.3, 0.4) is 0 Å². The second-order valence-electron chi connectivity index (χ2n) is 11.6. The van der Waals surface area contributed by atoms with Gasteiger partial charge in [0.05, 0.1) is 10.9 Å². The number of nitrogens with zero attached hydrogens (tertiary/aromatic N) is 2. The molecule has 1 rings (SSSR count). The van der Waals surface area contributed by atoms with Crippen molar-refractivity contribution in [3.05, 3.63) is 16.1 Å². The maximum atomic E-state index is 12.8. The summed E-state index contributed by atoms with van der Waals surface area (Å²) in [5.74, 6) is -0.411. The van der Waals surface area contributed by atoms with Crippen LogP contribution < -0.4 is 9.88 Å². The second kappa shape index (κ2) is 24.2. The lowest BCUT2D eigenvalue weighted by molar-refractivity contribution is -0.673. The van der Waals surface area contributed by atoms with Crippen molar-refractivity contribution in [1.82, 2.24) is 10.2 Å². The number of unbranched alkanes of at least 4 members (excludes halogenated alkanes) is 15. The van der Waals surface area contributed by atoms with Crippen molar-refractivity contribution in [2.75, 3.05) is 26.9 Å². The molecule has 0 spiro atoms. The van der Waals surface area contributed by atoms with Gasteiger partial charge in [0.2, 0.25) is 11.4 Å². The quantitative estimate of drug-likeness (QED) is 0.0924. The molecule has 0 aromatic carbocycles. The Bertz CT molecular complexity index is 909. The molecule has 0 bridgehead atoms. The first-order chi connectivity index (χ1) is 20.7. The highest BCUT2D eigenvalue weighted by molar-refractivity contribution is 7.09. The number of methoxy groups -OCH3 is 1. The number of amides is 3. The van der Waals surface area contributed by atoms with Crippen molar-refractivity contribution in [3.8, 4) is 0 Å². The summed E-state index contributed by atoms with van der Waals surface area (Å²) in [5.41, 5.74) is 2.90. The Labute approximate surface area is 265 Å². The number of hydrogen-bond donors (Lipinski definition) is 1. The number of alkyl carbamates (subject to hydrolysis) is 1. The highest BCUT2D eigenvalue weighted by atomic mass is 32.1. The molecular formula is C33H60N3O6S+. The minimum absolute atomic E-state index is 0.0654. The molecule has 2 atom stereocenters. The van der Waals surface area contributed by atoms with Gasteiger partial charge in [0.25, 0.3) is 0 Å². The molecule has 2 unspecified atom stereocenters. The maximum Gasteiger partial charge on any atom is 0.417 e. The summed E-state index contributed by atoms with van der Waals surface area (Å²) in [4.78, 5) is 39.1. The van der Waals surface area contributed by atoms with E-state index in [2.05, 4.69) is 12.2 Å². The topological polar surface area (TPSA) is 98.0 Å². The summed E-state index contributed by atoms with van der Waals surface area (Å²) in [6.07, 6.45) is 19.0. The van der Waals surface area contributed by atoms with E-state index in [4.69, 9.17) is 14.2 Å². The van der Waals surface area contributed by atoms with Gasteiger partial charge in [0.1, 0.15) is 26.4 Å². The average Bonchev–Trinajstić information content (AvgIpc) is 3.32. The van der Waals surface area contributed by atoms with Crippen LogP contribution in [-0.4, -0.2) is 56.0 Å². The molecule has 10 heteroatoms. The van der Waals surface area contributed by atoms with Gasteiger partial charge in [-0.15, -0.1) is 0 Å². The van der Waals surface area contributed by atoms with Crippen molar-refractivity contribution in [3.63, 3.8) is 0 Å². The summed E-state index contributed by atoms with van der Waals surface area (Å²) in [5, 5.41) is 2.77. The third kappa shape index (κ3) is 17.0. The fraction of sp³-hybridized carbons (Fsp3) is 0.818. The lowest BCUT2D eigenvalue weighted by Crippen LogP contribution is -2.40. The molecule has 0 aliphatic carbocycles. The SMILES string of the molecule is CCCCCCCCCCCCCCCCCCNC(=O)OCC(COC(=O)N(C(C)=O)C(C)c1sc[n+](C)c1C)OC. The van der Waals surface area contributed by atoms with Crippen LogP contribution in [0.15, 0.2) is 5.51 Å². The highest BCUT2D eigenvalue weighted by Crippen LogP contribution is 2.26. The van der Waals surface area contributed by atoms with Crippen molar-refractivity contribution < 1.29 is 33.2 Å². The van der Waals surface area contributed by atoms with Gasteiger partial charge in [-0.2, -0.15) is 4.57 Å². The number of rotatable bonds is 24. The van der Waals surface area contributed by atoms with Gasteiger partial charge < -0.3 is 19.5 Å². The Morgan fingerprint density at radius 1 is 0.860 bits per heavy atom. The minimum Gasteiger partial charge on any atom is -0.447 e. The standard InChI is InChI=1S/C33H59N3O6S/c1-7-8-9-10-11-12-13-14-15-16-17-18-19-20-21-22-23-34-32(38)41-24-30(40-6)25-42-33(39)36(29(4)37)28(3)31-27(2)35(5)26-43-31/h26,28,30H,7-25H2,1-6H3/p+1. The number of imide groups is 1. The van der Waals surface area contributed by atoms with Crippen LogP contribution in [0.2, 0.25) is 0 Å². The van der Waals surface area contributed by atoms with Crippen LogP contribution in [-0.2, 0) is 26.1 Å². The molecule has 0 radical (unpaired) electrons. The van der Waals surface area contributed by atoms with E-state index in [1.54, 1.807) is 6.92 Å². The van der Waals surface area contributed by atoms with Crippen molar-refractivity contribution in [1.29, 1.82) is 0 Å². The molecule has 0 aliphatic heterocycles. The summed E-state index contributed by atoms with van der Waals surface area (Å²) < 4.78 is 17.9. The van der Waals surface area contributed by atoms with Gasteiger partial charge in [-0.05, 0) is 13.3 Å². The second-order valence-corrected chi connectivity index (χ2v) is 12.5. The van der Waals surface area contributed by atoms with Gasteiger partial charge >= 0.3 is 12.2 Å². The summed E-state index contributed by atoms with van der Waals surface area (Å²) in [6.45, 7) is 7.69. The molecule has 248 valence electrons. The molecule has 1 N–H and O–H groups in total. The number of aromatic nitrogens is 1. The first-order valence-corrected chi connectivity index (χ1v) is 17.4. The Morgan fingerprint density at radius 2 is 1.35 bits per heavy atom. The summed E-state index contributed by atoms with van der Waals surface area (Å²) in [6, 6.07) is -0.469. The van der Waals surface area contributed by atoms with Gasteiger partial charge in [0.15, 0.2) is 5.69 Å². The molecule has 43 heavy (non-hydrogen) atoms. The molecule has 3 amide bonds. The number of nitrogens with one attached hydrogen (secondary N) is 1.